The predicted molar refractivity (Wildman–Crippen MR) is 60.1 cm³/mol. The summed E-state index contributed by atoms with van der Waals surface area (Å²) in [4.78, 5) is 0. The van der Waals surface area contributed by atoms with Gasteiger partial charge in [0.1, 0.15) is 0 Å². The molecule has 0 aliphatic carbocycles. The predicted octanol–water partition coefficient (Wildman–Crippen LogP) is -1.55. The molecule has 0 aliphatic heterocycles. The van der Waals surface area contributed by atoms with Gasteiger partial charge < -0.3 is 11.5 Å². The van der Waals surface area contributed by atoms with Crippen molar-refractivity contribution in [2.45, 2.75) is 0 Å². The van der Waals surface area contributed by atoms with Crippen molar-refractivity contribution in [2.75, 3.05) is 24.6 Å². The van der Waals surface area contributed by atoms with Gasteiger partial charge in [0, 0.05) is 24.6 Å². The van der Waals surface area contributed by atoms with Gasteiger partial charge in [-0.2, -0.15) is 25.3 Å². The van der Waals surface area contributed by atoms with Crippen molar-refractivity contribution in [1.29, 1.82) is 0 Å². The second kappa shape index (κ2) is 31.1. The van der Waals surface area contributed by atoms with E-state index in [1.165, 1.54) is 0 Å². The van der Waals surface area contributed by atoms with Crippen molar-refractivity contribution in [3.63, 3.8) is 0 Å². The minimum absolute atomic E-state index is 0.684. The van der Waals surface area contributed by atoms with Crippen LogP contribution in [0, 0.1) is 0 Å². The van der Waals surface area contributed by atoms with E-state index in [1.54, 1.807) is 0 Å². The topological polar surface area (TPSA) is 52.0 Å². The van der Waals surface area contributed by atoms with E-state index in [2.05, 4.69) is 53.6 Å². The third-order valence-corrected chi connectivity index (χ3v) is 0.775. The van der Waals surface area contributed by atoms with Crippen molar-refractivity contribution in [1.82, 2.24) is 0 Å². The van der Waals surface area contributed by atoms with Crippen LogP contribution in [0.25, 0.3) is 0 Å². The normalized spacial score (nSPS) is 6.60. The Morgan fingerprint density at radius 2 is 1.00 bits per heavy atom. The van der Waals surface area contributed by atoms with Gasteiger partial charge in [-0.05, 0) is 0 Å². The standard InChI is InChI=1S/2C2H7NS.H2Se2/c2*3-1-2-4;1-2/h2*4H,1-3H2;1-2H. The van der Waals surface area contributed by atoms with Gasteiger partial charge in [0.2, 0.25) is 0 Å². The van der Waals surface area contributed by atoms with Gasteiger partial charge in [-0.15, -0.1) is 0 Å². The van der Waals surface area contributed by atoms with Crippen molar-refractivity contribution in [3.05, 3.63) is 0 Å². The Kier molecular flexibility index (Phi) is 54.9. The quantitative estimate of drug-likeness (QED) is 0.369. The van der Waals surface area contributed by atoms with Gasteiger partial charge in [-0.3, -0.25) is 0 Å². The zero-order chi connectivity index (χ0) is 8.83. The van der Waals surface area contributed by atoms with Crippen molar-refractivity contribution >= 4 is 53.6 Å². The summed E-state index contributed by atoms with van der Waals surface area (Å²) >= 11 is 12.1. The minimum atomic E-state index is 0.684. The third-order valence-electron chi connectivity index (χ3n) is 0.258. The summed E-state index contributed by atoms with van der Waals surface area (Å²) in [6, 6.07) is 0. The molecule has 0 amide bonds. The molecule has 0 spiro atoms. The molecule has 0 aromatic heterocycles. The van der Waals surface area contributed by atoms with E-state index < -0.39 is 0 Å². The Hall–Kier alpha value is 1.66. The van der Waals surface area contributed by atoms with Crippen LogP contribution in [0.2, 0.25) is 0 Å². The molecule has 0 fully saturated rings. The Morgan fingerprint density at radius 3 is 1.00 bits per heavy atom. The van der Waals surface area contributed by atoms with Crippen LogP contribution in [0.5, 0.6) is 0 Å². The van der Waals surface area contributed by atoms with Crippen molar-refractivity contribution in [2.24, 2.45) is 11.5 Å². The summed E-state index contributed by atoms with van der Waals surface area (Å²) in [6.07, 6.45) is 0. The molecule has 0 saturated heterocycles. The summed E-state index contributed by atoms with van der Waals surface area (Å²) < 4.78 is 0. The molecule has 0 atom stereocenters. The fourth-order valence-electron chi connectivity index (χ4n) is 0. The Morgan fingerprint density at radius 1 is 0.900 bits per heavy atom. The first-order valence-corrected chi connectivity index (χ1v) is 9.11. The molecule has 0 radical (unpaired) electrons. The van der Waals surface area contributed by atoms with E-state index in [-0.39, 0.29) is 0 Å². The van der Waals surface area contributed by atoms with Crippen LogP contribution in [0.15, 0.2) is 0 Å². The Balaban J connectivity index is -0.0000000787. The maximum atomic E-state index is 4.95. The van der Waals surface area contributed by atoms with Crippen LogP contribution in [0.3, 0.4) is 0 Å². The average molecular weight is 314 g/mol. The molecular formula is C4H16N2S2Se2. The van der Waals surface area contributed by atoms with E-state index in [4.69, 9.17) is 11.5 Å². The summed E-state index contributed by atoms with van der Waals surface area (Å²) in [6.45, 7) is 1.37. The summed E-state index contributed by atoms with van der Waals surface area (Å²) in [5.74, 6) is 1.58. The first-order valence-electron chi connectivity index (χ1n) is 2.65. The molecule has 6 heteroatoms. The molecule has 66 valence electrons. The molecule has 0 aromatic carbocycles. The van der Waals surface area contributed by atoms with Crippen molar-refractivity contribution < 1.29 is 0 Å². The molecular weight excluding hydrogens is 298 g/mol. The van der Waals surface area contributed by atoms with Crippen LogP contribution >= 0.6 is 25.3 Å². The van der Waals surface area contributed by atoms with E-state index in [9.17, 15) is 0 Å². The van der Waals surface area contributed by atoms with Crippen molar-refractivity contribution in [3.8, 4) is 0 Å². The number of nitrogens with two attached hydrogens (primary N) is 2. The SMILES string of the molecule is NCCS.NCCS.[SeH][SeH]. The van der Waals surface area contributed by atoms with Gasteiger partial charge in [-0.1, -0.05) is 0 Å². The molecule has 0 rings (SSSR count). The van der Waals surface area contributed by atoms with Crippen LogP contribution in [-0.2, 0) is 0 Å². The summed E-state index contributed by atoms with van der Waals surface area (Å²) in [7, 11) is 0. The average Bonchev–Trinajstić information content (AvgIpc) is 2.08. The molecule has 0 saturated carbocycles. The van der Waals surface area contributed by atoms with E-state index in [0.29, 0.717) is 13.1 Å². The molecule has 0 aromatic rings. The number of thiol groups is 2. The second-order valence-corrected chi connectivity index (χ2v) is 1.92. The van der Waals surface area contributed by atoms with Gasteiger partial charge in [0.05, 0.1) is 0 Å². The van der Waals surface area contributed by atoms with Crippen LogP contribution < -0.4 is 11.5 Å². The zero-order valence-corrected chi connectivity index (χ0v) is 11.3. The molecule has 2 nitrogen and oxygen atoms in total. The molecule has 0 aliphatic rings. The molecule has 4 N–H and O–H groups in total. The molecule has 0 unspecified atom stereocenters. The Bertz CT molecular complexity index is 27.2. The van der Waals surface area contributed by atoms with Crippen LogP contribution in [0.1, 0.15) is 0 Å². The molecule has 10 heavy (non-hydrogen) atoms. The Labute approximate surface area is 89.3 Å². The van der Waals surface area contributed by atoms with E-state index in [0.717, 1.165) is 11.5 Å². The van der Waals surface area contributed by atoms with Gasteiger partial charge in [0.25, 0.3) is 0 Å². The summed E-state index contributed by atoms with van der Waals surface area (Å²) in [5, 5.41) is 0. The number of hydrogen-bond acceptors (Lipinski definition) is 4. The van der Waals surface area contributed by atoms with Gasteiger partial charge in [-0.25, -0.2) is 0 Å². The monoisotopic (exact) mass is 316 g/mol. The number of rotatable bonds is 2. The van der Waals surface area contributed by atoms with E-state index in [1.807, 2.05) is 0 Å². The molecule has 0 bridgehead atoms. The van der Waals surface area contributed by atoms with E-state index >= 15 is 0 Å². The first kappa shape index (κ1) is 17.7. The van der Waals surface area contributed by atoms with Gasteiger partial charge >= 0.3 is 28.4 Å². The number of hydrogen-bond donors (Lipinski definition) is 4. The fraction of sp³-hybridized carbons (Fsp3) is 1.00. The van der Waals surface area contributed by atoms with Gasteiger partial charge in [0.15, 0.2) is 0 Å². The first-order chi connectivity index (χ1) is 4.83. The third kappa shape index (κ3) is 54.1. The maximum absolute atomic E-state index is 4.95. The van der Waals surface area contributed by atoms with Crippen LogP contribution in [0.4, 0.5) is 0 Å². The fourth-order valence-corrected chi connectivity index (χ4v) is 0. The molecule has 0 heterocycles. The second-order valence-electron chi connectivity index (χ2n) is 1.02. The summed E-state index contributed by atoms with van der Waals surface area (Å²) in [5.41, 5.74) is 9.90. The van der Waals surface area contributed by atoms with Crippen LogP contribution in [-0.4, -0.2) is 53.0 Å². The zero-order valence-electron chi connectivity index (χ0n) is 5.77.